The highest BCUT2D eigenvalue weighted by atomic mass is 32.2. The second-order valence-electron chi connectivity index (χ2n) is 8.47. The quantitative estimate of drug-likeness (QED) is 0.490. The standard InChI is InChI=1S/C24H27N5O4S/c1-15-11-16(2)24(27-13-15)28-20-8-10-29(14-22(20)30)34(32,33)19-5-3-17(4-6-19)18-7-9-26-21(12-18)23(25)31/h3-7,9,11-13,20,22,30H,8,10,14H2,1-2H3,(H2,25,31)(H,27,28)/t20-,22+/m1/s1. The van der Waals surface area contributed by atoms with Crippen LogP contribution in [0.1, 0.15) is 28.0 Å². The molecular weight excluding hydrogens is 454 g/mol. The second-order valence-corrected chi connectivity index (χ2v) is 10.4. The van der Waals surface area contributed by atoms with E-state index in [1.54, 1.807) is 30.5 Å². The maximum Gasteiger partial charge on any atom is 0.267 e. The number of aliphatic hydroxyl groups excluding tert-OH is 1. The van der Waals surface area contributed by atoms with Crippen LogP contribution in [-0.2, 0) is 10.0 Å². The number of hydrogen-bond donors (Lipinski definition) is 3. The summed E-state index contributed by atoms with van der Waals surface area (Å²) in [6.45, 7) is 4.16. The van der Waals surface area contributed by atoms with Crippen molar-refractivity contribution in [1.82, 2.24) is 14.3 Å². The summed E-state index contributed by atoms with van der Waals surface area (Å²) >= 11 is 0. The van der Waals surface area contributed by atoms with Crippen molar-refractivity contribution in [1.29, 1.82) is 0 Å². The van der Waals surface area contributed by atoms with Crippen LogP contribution in [0.3, 0.4) is 0 Å². The van der Waals surface area contributed by atoms with Gasteiger partial charge in [-0.05, 0) is 66.8 Å². The van der Waals surface area contributed by atoms with Crippen molar-refractivity contribution in [2.24, 2.45) is 5.73 Å². The number of anilines is 1. The molecule has 1 fully saturated rings. The number of sulfonamides is 1. The molecule has 4 N–H and O–H groups in total. The zero-order chi connectivity index (χ0) is 24.5. The molecule has 9 nitrogen and oxygen atoms in total. The number of benzene rings is 1. The fourth-order valence-corrected chi connectivity index (χ4v) is 5.52. The largest absolute Gasteiger partial charge is 0.390 e. The Morgan fingerprint density at radius 3 is 2.50 bits per heavy atom. The zero-order valence-electron chi connectivity index (χ0n) is 19.0. The first kappa shape index (κ1) is 23.8. The number of rotatable bonds is 6. The van der Waals surface area contributed by atoms with Gasteiger partial charge in [-0.1, -0.05) is 18.2 Å². The monoisotopic (exact) mass is 481 g/mol. The van der Waals surface area contributed by atoms with Gasteiger partial charge >= 0.3 is 0 Å². The highest BCUT2D eigenvalue weighted by Crippen LogP contribution is 2.26. The molecular formula is C24H27N5O4S. The van der Waals surface area contributed by atoms with Gasteiger partial charge in [-0.3, -0.25) is 9.78 Å². The summed E-state index contributed by atoms with van der Waals surface area (Å²) in [5.74, 6) is 0.0583. The number of carbonyl (C=O) groups excluding carboxylic acids is 1. The summed E-state index contributed by atoms with van der Waals surface area (Å²) < 4.78 is 27.7. The van der Waals surface area contributed by atoms with Crippen LogP contribution in [-0.4, -0.2) is 58.9 Å². The molecule has 1 aromatic carbocycles. The number of piperidine rings is 1. The Labute approximate surface area is 198 Å². The molecule has 4 rings (SSSR count). The number of primary amides is 1. The summed E-state index contributed by atoms with van der Waals surface area (Å²) in [4.78, 5) is 19.8. The fraction of sp³-hybridized carbons (Fsp3) is 0.292. The van der Waals surface area contributed by atoms with Crippen LogP contribution in [0, 0.1) is 13.8 Å². The number of aryl methyl sites for hydroxylation is 2. The molecule has 2 atom stereocenters. The SMILES string of the molecule is Cc1cnc(N[C@@H]2CCN(S(=O)(=O)c3ccc(-c4ccnc(C(N)=O)c4)cc3)C[C@@H]2O)c(C)c1. The topological polar surface area (TPSA) is 139 Å². The molecule has 0 bridgehead atoms. The van der Waals surface area contributed by atoms with Gasteiger partial charge in [0.2, 0.25) is 10.0 Å². The van der Waals surface area contributed by atoms with Gasteiger partial charge in [0.05, 0.1) is 17.0 Å². The summed E-state index contributed by atoms with van der Waals surface area (Å²) in [6.07, 6.45) is 2.80. The molecule has 1 aliphatic heterocycles. The Bertz CT molecular complexity index is 1310. The molecule has 1 saturated heterocycles. The molecule has 1 amide bonds. The number of hydrogen-bond acceptors (Lipinski definition) is 7. The number of aromatic nitrogens is 2. The fourth-order valence-electron chi connectivity index (χ4n) is 4.04. The Balaban J connectivity index is 1.46. The number of amides is 1. The van der Waals surface area contributed by atoms with Crippen molar-refractivity contribution in [2.45, 2.75) is 37.3 Å². The van der Waals surface area contributed by atoms with E-state index in [4.69, 9.17) is 5.73 Å². The number of pyridine rings is 2. The first-order chi connectivity index (χ1) is 16.1. The summed E-state index contributed by atoms with van der Waals surface area (Å²) in [7, 11) is -3.78. The number of nitrogens with zero attached hydrogens (tertiary/aromatic N) is 3. The average Bonchev–Trinajstić information content (AvgIpc) is 2.82. The second kappa shape index (κ2) is 9.49. The van der Waals surface area contributed by atoms with E-state index < -0.39 is 22.0 Å². The Kier molecular flexibility index (Phi) is 6.65. The van der Waals surface area contributed by atoms with E-state index in [1.165, 1.54) is 22.6 Å². The molecule has 0 unspecified atom stereocenters. The van der Waals surface area contributed by atoms with Crippen molar-refractivity contribution < 1.29 is 18.3 Å². The summed E-state index contributed by atoms with van der Waals surface area (Å²) in [6, 6.07) is 11.4. The smallest absolute Gasteiger partial charge is 0.267 e. The third-order valence-corrected chi connectivity index (χ3v) is 7.80. The lowest BCUT2D eigenvalue weighted by molar-refractivity contribution is 0.0949. The predicted molar refractivity (Wildman–Crippen MR) is 129 cm³/mol. The molecule has 178 valence electrons. The maximum absolute atomic E-state index is 13.2. The summed E-state index contributed by atoms with van der Waals surface area (Å²) in [5, 5.41) is 13.9. The molecule has 0 saturated carbocycles. The maximum atomic E-state index is 13.2. The van der Waals surface area contributed by atoms with Crippen molar-refractivity contribution in [3.8, 4) is 11.1 Å². The highest BCUT2D eigenvalue weighted by molar-refractivity contribution is 7.89. The molecule has 10 heteroatoms. The minimum absolute atomic E-state index is 0.0149. The average molecular weight is 482 g/mol. The van der Waals surface area contributed by atoms with Crippen LogP contribution in [0.2, 0.25) is 0 Å². The zero-order valence-corrected chi connectivity index (χ0v) is 19.8. The van der Waals surface area contributed by atoms with Gasteiger partial charge in [-0.2, -0.15) is 4.31 Å². The van der Waals surface area contributed by atoms with Gasteiger partial charge < -0.3 is 16.2 Å². The van der Waals surface area contributed by atoms with Gasteiger partial charge in [-0.25, -0.2) is 13.4 Å². The van der Waals surface area contributed by atoms with Gasteiger partial charge in [0.15, 0.2) is 0 Å². The lowest BCUT2D eigenvalue weighted by atomic mass is 10.0. The van der Waals surface area contributed by atoms with E-state index in [9.17, 15) is 18.3 Å². The number of carbonyl (C=O) groups is 1. The predicted octanol–water partition coefficient (Wildman–Crippen LogP) is 2.10. The molecule has 0 aliphatic carbocycles. The van der Waals surface area contributed by atoms with Crippen LogP contribution in [0.5, 0.6) is 0 Å². The lowest BCUT2D eigenvalue weighted by Gasteiger charge is -2.36. The molecule has 0 spiro atoms. The van der Waals surface area contributed by atoms with Gasteiger partial charge in [-0.15, -0.1) is 0 Å². The van der Waals surface area contributed by atoms with Crippen LogP contribution >= 0.6 is 0 Å². The number of nitrogens with one attached hydrogen (secondary N) is 1. The van der Waals surface area contributed by atoms with Crippen molar-refractivity contribution in [3.63, 3.8) is 0 Å². The van der Waals surface area contributed by atoms with Crippen LogP contribution < -0.4 is 11.1 Å². The van der Waals surface area contributed by atoms with Crippen LogP contribution in [0.4, 0.5) is 5.82 Å². The van der Waals surface area contributed by atoms with Crippen molar-refractivity contribution in [3.05, 3.63) is 71.7 Å². The van der Waals surface area contributed by atoms with Crippen LogP contribution in [0.15, 0.2) is 59.8 Å². The molecule has 1 aliphatic rings. The molecule has 3 heterocycles. The van der Waals surface area contributed by atoms with Crippen LogP contribution in [0.25, 0.3) is 11.1 Å². The Morgan fingerprint density at radius 1 is 1.12 bits per heavy atom. The third-order valence-electron chi connectivity index (χ3n) is 5.92. The van der Waals surface area contributed by atoms with Crippen molar-refractivity contribution in [2.75, 3.05) is 18.4 Å². The van der Waals surface area contributed by atoms with E-state index in [0.29, 0.717) is 17.8 Å². The molecule has 0 radical (unpaired) electrons. The first-order valence-electron chi connectivity index (χ1n) is 10.9. The number of β-amino-alcohol motifs (C(OH)–C–C–N with tert-alkyl or cyclic N) is 1. The summed E-state index contributed by atoms with van der Waals surface area (Å²) in [5.41, 5.74) is 8.88. The van der Waals surface area contributed by atoms with E-state index in [1.807, 2.05) is 19.9 Å². The van der Waals surface area contributed by atoms with E-state index in [0.717, 1.165) is 16.7 Å². The minimum atomic E-state index is -3.78. The minimum Gasteiger partial charge on any atom is -0.390 e. The number of aliphatic hydroxyl groups is 1. The molecule has 2 aromatic heterocycles. The van der Waals surface area contributed by atoms with Gasteiger partial charge in [0.25, 0.3) is 5.91 Å². The van der Waals surface area contributed by atoms with Gasteiger partial charge in [0.1, 0.15) is 11.5 Å². The first-order valence-corrected chi connectivity index (χ1v) is 12.3. The van der Waals surface area contributed by atoms with Crippen molar-refractivity contribution >= 4 is 21.7 Å². The van der Waals surface area contributed by atoms with E-state index in [-0.39, 0.29) is 29.7 Å². The third kappa shape index (κ3) is 4.93. The van der Waals surface area contributed by atoms with E-state index >= 15 is 0 Å². The normalized spacial score (nSPS) is 19.0. The van der Waals surface area contributed by atoms with E-state index in [2.05, 4.69) is 15.3 Å². The highest BCUT2D eigenvalue weighted by Gasteiger charge is 2.35. The molecule has 34 heavy (non-hydrogen) atoms. The Morgan fingerprint density at radius 2 is 1.85 bits per heavy atom. The lowest BCUT2D eigenvalue weighted by Crippen LogP contribution is -2.51. The number of nitrogens with two attached hydrogens (primary N) is 1. The Hall–Kier alpha value is -3.34. The molecule has 3 aromatic rings. The van der Waals surface area contributed by atoms with Gasteiger partial charge in [0, 0.05) is 25.5 Å².